The average Bonchev–Trinajstić information content (AvgIpc) is 2.56. The molecule has 3 heteroatoms. The van der Waals surface area contributed by atoms with Gasteiger partial charge in [0.1, 0.15) is 0 Å². The number of fused-ring (bicyclic) bond motifs is 1. The Labute approximate surface area is 89.5 Å². The summed E-state index contributed by atoms with van der Waals surface area (Å²) in [7, 11) is 1.70. The molecule has 0 aliphatic rings. The fraction of sp³-hybridized carbons (Fsp3) is 0.200. The zero-order valence-corrected chi connectivity index (χ0v) is 9.83. The van der Waals surface area contributed by atoms with Crippen LogP contribution in [-0.4, -0.2) is 7.11 Å². The molecule has 0 bridgehead atoms. The van der Waals surface area contributed by atoms with E-state index < -0.39 is 0 Å². The highest BCUT2D eigenvalue weighted by Gasteiger charge is 2.06. The first kappa shape index (κ1) is 9.03. The maximum Gasteiger partial charge on any atom is 0.174 e. The minimum atomic E-state index is 0.963. The zero-order valence-electron chi connectivity index (χ0n) is 7.43. The summed E-state index contributed by atoms with van der Waals surface area (Å²) in [5.41, 5.74) is 1.29. The van der Waals surface area contributed by atoms with E-state index in [4.69, 9.17) is 4.74 Å². The molecule has 0 aliphatic heterocycles. The Kier molecular flexibility index (Phi) is 2.30. The Morgan fingerprint density at radius 2 is 2.15 bits per heavy atom. The minimum Gasteiger partial charge on any atom is -0.487 e. The number of hydrogen-bond donors (Lipinski definition) is 0. The van der Waals surface area contributed by atoms with Crippen LogP contribution in [0.4, 0.5) is 0 Å². The molecule has 0 aliphatic carbocycles. The van der Waals surface area contributed by atoms with Crippen molar-refractivity contribution < 1.29 is 4.74 Å². The Morgan fingerprint density at radius 3 is 2.77 bits per heavy atom. The van der Waals surface area contributed by atoms with Gasteiger partial charge in [-0.15, -0.1) is 0 Å². The summed E-state index contributed by atoms with van der Waals surface area (Å²) in [5.74, 6) is 0. The van der Waals surface area contributed by atoms with E-state index >= 15 is 0 Å². The molecule has 0 atom stereocenters. The standard InChI is InChI=1S/C10H9BrOS/c1-6-3-4-8(11)10-7(6)5-9(12-2)13-10/h3-5H,1-2H3. The molecule has 0 N–H and O–H groups in total. The molecule has 0 fully saturated rings. The molecule has 0 saturated carbocycles. The number of hydrogen-bond acceptors (Lipinski definition) is 2. The van der Waals surface area contributed by atoms with E-state index in [0.717, 1.165) is 9.54 Å². The lowest BCUT2D eigenvalue weighted by Gasteiger charge is -1.96. The van der Waals surface area contributed by atoms with E-state index in [0.29, 0.717) is 0 Å². The Morgan fingerprint density at radius 1 is 1.38 bits per heavy atom. The van der Waals surface area contributed by atoms with Crippen molar-refractivity contribution in [2.45, 2.75) is 6.92 Å². The summed E-state index contributed by atoms with van der Waals surface area (Å²) in [5, 5.41) is 2.24. The normalized spacial score (nSPS) is 10.7. The van der Waals surface area contributed by atoms with E-state index in [-0.39, 0.29) is 0 Å². The van der Waals surface area contributed by atoms with E-state index in [1.165, 1.54) is 15.6 Å². The van der Waals surface area contributed by atoms with Crippen LogP contribution in [0.2, 0.25) is 0 Å². The van der Waals surface area contributed by atoms with Gasteiger partial charge in [-0.25, -0.2) is 0 Å². The van der Waals surface area contributed by atoms with Crippen LogP contribution in [0.1, 0.15) is 5.56 Å². The molecule has 1 nitrogen and oxygen atoms in total. The third-order valence-corrected chi connectivity index (χ3v) is 4.09. The van der Waals surface area contributed by atoms with E-state index in [2.05, 4.69) is 41.1 Å². The third-order valence-electron chi connectivity index (χ3n) is 2.03. The highest BCUT2D eigenvalue weighted by Crippen LogP contribution is 2.37. The van der Waals surface area contributed by atoms with Gasteiger partial charge < -0.3 is 4.74 Å². The first-order chi connectivity index (χ1) is 6.22. The molecule has 1 aromatic heterocycles. The molecule has 0 saturated heterocycles. The number of halogens is 1. The van der Waals surface area contributed by atoms with Crippen LogP contribution in [0, 0.1) is 6.92 Å². The summed E-state index contributed by atoms with van der Waals surface area (Å²) in [4.78, 5) is 0. The van der Waals surface area contributed by atoms with Gasteiger partial charge in [-0.3, -0.25) is 0 Å². The summed E-state index contributed by atoms with van der Waals surface area (Å²) in [6.45, 7) is 2.11. The lowest BCUT2D eigenvalue weighted by Crippen LogP contribution is -1.74. The monoisotopic (exact) mass is 256 g/mol. The highest BCUT2D eigenvalue weighted by molar-refractivity contribution is 9.10. The molecule has 0 amide bonds. The number of rotatable bonds is 1. The van der Waals surface area contributed by atoms with Gasteiger partial charge in [0, 0.05) is 9.86 Å². The van der Waals surface area contributed by atoms with Crippen molar-refractivity contribution in [1.29, 1.82) is 0 Å². The molecule has 13 heavy (non-hydrogen) atoms. The lowest BCUT2D eigenvalue weighted by molar-refractivity contribution is 0.427. The molecule has 1 aromatic carbocycles. The van der Waals surface area contributed by atoms with E-state index in [1.807, 2.05) is 0 Å². The number of thiophene rings is 1. The SMILES string of the molecule is COc1cc2c(C)ccc(Br)c2s1. The van der Waals surface area contributed by atoms with Crippen molar-refractivity contribution in [3.8, 4) is 5.06 Å². The van der Waals surface area contributed by atoms with Gasteiger partial charge in [0.2, 0.25) is 0 Å². The number of ether oxygens (including phenoxy) is 1. The zero-order chi connectivity index (χ0) is 9.42. The first-order valence-corrected chi connectivity index (χ1v) is 5.56. The van der Waals surface area contributed by atoms with Gasteiger partial charge in [-0.1, -0.05) is 17.4 Å². The van der Waals surface area contributed by atoms with Crippen molar-refractivity contribution in [3.05, 3.63) is 28.2 Å². The lowest BCUT2D eigenvalue weighted by atomic mass is 10.1. The fourth-order valence-electron chi connectivity index (χ4n) is 1.30. The average molecular weight is 257 g/mol. The maximum absolute atomic E-state index is 5.21. The quantitative estimate of drug-likeness (QED) is 0.750. The fourth-order valence-corrected chi connectivity index (χ4v) is 2.85. The summed E-state index contributed by atoms with van der Waals surface area (Å²) in [6, 6.07) is 6.27. The molecule has 0 spiro atoms. The van der Waals surface area contributed by atoms with Crippen LogP contribution < -0.4 is 4.74 Å². The number of benzene rings is 1. The molecule has 2 aromatic rings. The number of aryl methyl sites for hydroxylation is 1. The predicted molar refractivity (Wildman–Crippen MR) is 60.8 cm³/mol. The van der Waals surface area contributed by atoms with Gasteiger partial charge in [0.25, 0.3) is 0 Å². The largest absolute Gasteiger partial charge is 0.487 e. The maximum atomic E-state index is 5.21. The summed E-state index contributed by atoms with van der Waals surface area (Å²) in [6.07, 6.45) is 0. The molecule has 2 rings (SSSR count). The first-order valence-electron chi connectivity index (χ1n) is 3.95. The molecular formula is C10H9BrOS. The van der Waals surface area contributed by atoms with Crippen LogP contribution in [0.15, 0.2) is 22.7 Å². The van der Waals surface area contributed by atoms with Crippen LogP contribution in [0.25, 0.3) is 10.1 Å². The third kappa shape index (κ3) is 1.46. The van der Waals surface area contributed by atoms with E-state index in [9.17, 15) is 0 Å². The van der Waals surface area contributed by atoms with Crippen LogP contribution in [-0.2, 0) is 0 Å². The Hall–Kier alpha value is -0.540. The summed E-state index contributed by atoms with van der Waals surface area (Å²) >= 11 is 5.20. The molecule has 68 valence electrons. The second-order valence-corrected chi connectivity index (χ2v) is 4.75. The van der Waals surface area contributed by atoms with Crippen LogP contribution in [0.3, 0.4) is 0 Å². The van der Waals surface area contributed by atoms with Gasteiger partial charge in [-0.2, -0.15) is 0 Å². The Balaban J connectivity index is 2.80. The molecule has 0 radical (unpaired) electrons. The van der Waals surface area contributed by atoms with Crippen LogP contribution in [0.5, 0.6) is 5.06 Å². The topological polar surface area (TPSA) is 9.23 Å². The van der Waals surface area contributed by atoms with Crippen molar-refractivity contribution in [2.24, 2.45) is 0 Å². The minimum absolute atomic E-state index is 0.963. The van der Waals surface area contributed by atoms with Gasteiger partial charge in [-0.05, 0) is 40.5 Å². The molecule has 1 heterocycles. The molecule has 0 unspecified atom stereocenters. The molecular weight excluding hydrogens is 248 g/mol. The second kappa shape index (κ2) is 3.31. The van der Waals surface area contributed by atoms with Crippen molar-refractivity contribution in [3.63, 3.8) is 0 Å². The van der Waals surface area contributed by atoms with Gasteiger partial charge in [0.15, 0.2) is 5.06 Å². The van der Waals surface area contributed by atoms with Crippen molar-refractivity contribution in [2.75, 3.05) is 7.11 Å². The highest BCUT2D eigenvalue weighted by atomic mass is 79.9. The van der Waals surface area contributed by atoms with Crippen molar-refractivity contribution >= 4 is 37.4 Å². The second-order valence-electron chi connectivity index (χ2n) is 2.88. The summed E-state index contributed by atoms with van der Waals surface area (Å²) < 4.78 is 7.61. The van der Waals surface area contributed by atoms with E-state index in [1.54, 1.807) is 18.4 Å². The predicted octanol–water partition coefficient (Wildman–Crippen LogP) is 3.98. The van der Waals surface area contributed by atoms with Gasteiger partial charge >= 0.3 is 0 Å². The van der Waals surface area contributed by atoms with Crippen LogP contribution >= 0.6 is 27.3 Å². The van der Waals surface area contributed by atoms with Gasteiger partial charge in [0.05, 0.1) is 11.8 Å². The smallest absolute Gasteiger partial charge is 0.174 e. The Bertz CT molecular complexity index is 408. The number of methoxy groups -OCH3 is 1. The van der Waals surface area contributed by atoms with Crippen molar-refractivity contribution in [1.82, 2.24) is 0 Å².